The number of nitriles is 1. The van der Waals surface area contributed by atoms with Crippen molar-refractivity contribution in [1.82, 2.24) is 5.32 Å². The maximum atomic E-state index is 12.6. The van der Waals surface area contributed by atoms with Crippen molar-refractivity contribution in [2.45, 2.75) is 57.0 Å². The molecule has 0 radical (unpaired) electrons. The molecular formula is C20H25N3O. The standard InChI is InChI=1S/C20H25N3O/c1-13(19(24)22-18-5-3-2-4-17(18)12-21)23-20-9-14-6-15(10-20)8-16(7-14)11-20/h2-5,13-16,23H,6-11H2,1H3,(H,22,24)/t13-,14?,15?,16?,20?/m1/s1. The van der Waals surface area contributed by atoms with Crippen molar-refractivity contribution in [1.29, 1.82) is 5.26 Å². The Kier molecular flexibility index (Phi) is 3.85. The van der Waals surface area contributed by atoms with E-state index in [-0.39, 0.29) is 17.5 Å². The zero-order valence-corrected chi connectivity index (χ0v) is 14.2. The van der Waals surface area contributed by atoms with E-state index in [0.717, 1.165) is 17.8 Å². The topological polar surface area (TPSA) is 64.9 Å². The average molecular weight is 323 g/mol. The van der Waals surface area contributed by atoms with Gasteiger partial charge in [-0.1, -0.05) is 12.1 Å². The lowest BCUT2D eigenvalue weighted by Crippen LogP contribution is -2.62. The molecule has 0 unspecified atom stereocenters. The summed E-state index contributed by atoms with van der Waals surface area (Å²) in [6, 6.07) is 9.06. The fourth-order valence-corrected chi connectivity index (χ4v) is 5.74. The predicted molar refractivity (Wildman–Crippen MR) is 93.3 cm³/mol. The summed E-state index contributed by atoms with van der Waals surface area (Å²) in [6.45, 7) is 1.95. The summed E-state index contributed by atoms with van der Waals surface area (Å²) < 4.78 is 0. The average Bonchev–Trinajstić information content (AvgIpc) is 2.53. The van der Waals surface area contributed by atoms with E-state index < -0.39 is 0 Å². The largest absolute Gasteiger partial charge is 0.324 e. The molecule has 4 aliphatic rings. The van der Waals surface area contributed by atoms with E-state index in [2.05, 4.69) is 16.7 Å². The molecule has 4 heteroatoms. The van der Waals surface area contributed by atoms with Gasteiger partial charge in [0.1, 0.15) is 6.07 Å². The van der Waals surface area contributed by atoms with Gasteiger partial charge in [0.25, 0.3) is 0 Å². The number of amides is 1. The van der Waals surface area contributed by atoms with Crippen LogP contribution < -0.4 is 10.6 Å². The summed E-state index contributed by atoms with van der Waals surface area (Å²) >= 11 is 0. The predicted octanol–water partition coefficient (Wildman–Crippen LogP) is 3.44. The van der Waals surface area contributed by atoms with Crippen molar-refractivity contribution in [3.63, 3.8) is 0 Å². The van der Waals surface area contributed by atoms with Gasteiger partial charge in [-0.2, -0.15) is 5.26 Å². The van der Waals surface area contributed by atoms with Gasteiger partial charge in [0.05, 0.1) is 17.3 Å². The molecule has 0 saturated heterocycles. The minimum absolute atomic E-state index is 0.0477. The number of hydrogen-bond donors (Lipinski definition) is 2. The zero-order chi connectivity index (χ0) is 16.7. The third-order valence-corrected chi connectivity index (χ3v) is 6.26. The molecule has 0 aliphatic heterocycles. The highest BCUT2D eigenvalue weighted by Crippen LogP contribution is 2.55. The first-order valence-corrected chi connectivity index (χ1v) is 9.14. The van der Waals surface area contributed by atoms with E-state index in [4.69, 9.17) is 5.26 Å². The molecule has 0 spiro atoms. The number of para-hydroxylation sites is 1. The van der Waals surface area contributed by atoms with E-state index in [0.29, 0.717) is 11.3 Å². The molecule has 4 nitrogen and oxygen atoms in total. The van der Waals surface area contributed by atoms with Crippen molar-refractivity contribution in [3.8, 4) is 6.07 Å². The monoisotopic (exact) mass is 323 g/mol. The van der Waals surface area contributed by atoms with E-state index in [1.165, 1.54) is 38.5 Å². The molecule has 0 aromatic heterocycles. The Hall–Kier alpha value is -1.86. The number of nitrogens with one attached hydrogen (secondary N) is 2. The number of nitrogens with zero attached hydrogens (tertiary/aromatic N) is 1. The highest BCUT2D eigenvalue weighted by molar-refractivity contribution is 5.95. The maximum absolute atomic E-state index is 12.6. The SMILES string of the molecule is C[C@@H](NC12CC3CC(CC(C3)C1)C2)C(=O)Nc1ccccc1C#N. The quantitative estimate of drug-likeness (QED) is 0.892. The summed E-state index contributed by atoms with van der Waals surface area (Å²) in [7, 11) is 0. The van der Waals surface area contributed by atoms with Crippen LogP contribution in [0.25, 0.3) is 0 Å². The van der Waals surface area contributed by atoms with Gasteiger partial charge in [-0.05, 0) is 75.3 Å². The van der Waals surface area contributed by atoms with Crippen LogP contribution in [0.3, 0.4) is 0 Å². The van der Waals surface area contributed by atoms with E-state index in [9.17, 15) is 4.79 Å². The minimum Gasteiger partial charge on any atom is -0.324 e. The van der Waals surface area contributed by atoms with Crippen LogP contribution in [0.1, 0.15) is 51.0 Å². The lowest BCUT2D eigenvalue weighted by atomic mass is 9.53. The summed E-state index contributed by atoms with van der Waals surface area (Å²) in [6.07, 6.45) is 7.88. The van der Waals surface area contributed by atoms with E-state index in [1.54, 1.807) is 12.1 Å². The summed E-state index contributed by atoms with van der Waals surface area (Å²) in [4.78, 5) is 12.6. The molecule has 1 aromatic carbocycles. The van der Waals surface area contributed by atoms with Crippen LogP contribution in [0.4, 0.5) is 5.69 Å². The second-order valence-corrected chi connectivity index (χ2v) is 8.21. The van der Waals surface area contributed by atoms with Crippen LogP contribution in [0.5, 0.6) is 0 Å². The van der Waals surface area contributed by atoms with Crippen molar-refractivity contribution >= 4 is 11.6 Å². The Morgan fingerprint density at radius 1 is 1.17 bits per heavy atom. The highest BCUT2D eigenvalue weighted by Gasteiger charge is 2.51. The number of anilines is 1. The van der Waals surface area contributed by atoms with Crippen LogP contribution in [0.15, 0.2) is 24.3 Å². The molecule has 1 aromatic rings. The number of rotatable bonds is 4. The van der Waals surface area contributed by atoms with E-state index in [1.807, 2.05) is 19.1 Å². The first-order valence-electron chi connectivity index (χ1n) is 9.14. The first-order chi connectivity index (χ1) is 11.6. The second-order valence-electron chi connectivity index (χ2n) is 8.21. The maximum Gasteiger partial charge on any atom is 0.241 e. The Labute approximate surface area is 143 Å². The molecule has 2 N–H and O–H groups in total. The molecule has 4 fully saturated rings. The molecular weight excluding hydrogens is 298 g/mol. The molecule has 126 valence electrons. The smallest absolute Gasteiger partial charge is 0.241 e. The number of carbonyl (C=O) groups is 1. The fraction of sp³-hybridized carbons (Fsp3) is 0.600. The third-order valence-electron chi connectivity index (χ3n) is 6.26. The molecule has 1 atom stereocenters. The van der Waals surface area contributed by atoms with Crippen molar-refractivity contribution in [2.75, 3.05) is 5.32 Å². The Bertz CT molecular complexity index is 655. The summed E-state index contributed by atoms with van der Waals surface area (Å²) in [5, 5.41) is 15.8. The summed E-state index contributed by atoms with van der Waals surface area (Å²) in [5.41, 5.74) is 1.28. The Morgan fingerprint density at radius 3 is 2.33 bits per heavy atom. The van der Waals surface area contributed by atoms with E-state index >= 15 is 0 Å². The van der Waals surface area contributed by atoms with Crippen LogP contribution in [-0.2, 0) is 4.79 Å². The van der Waals surface area contributed by atoms with Gasteiger partial charge >= 0.3 is 0 Å². The van der Waals surface area contributed by atoms with Crippen LogP contribution in [0, 0.1) is 29.1 Å². The van der Waals surface area contributed by atoms with Gasteiger partial charge in [0, 0.05) is 5.54 Å². The van der Waals surface area contributed by atoms with Crippen molar-refractivity contribution in [2.24, 2.45) is 17.8 Å². The number of benzene rings is 1. The van der Waals surface area contributed by atoms with Gasteiger partial charge in [-0.3, -0.25) is 4.79 Å². The van der Waals surface area contributed by atoms with Crippen LogP contribution in [-0.4, -0.2) is 17.5 Å². The van der Waals surface area contributed by atoms with Gasteiger partial charge in [-0.15, -0.1) is 0 Å². The second kappa shape index (κ2) is 5.89. The van der Waals surface area contributed by atoms with Crippen molar-refractivity contribution in [3.05, 3.63) is 29.8 Å². The Balaban J connectivity index is 1.44. The van der Waals surface area contributed by atoms with Gasteiger partial charge in [-0.25, -0.2) is 0 Å². The fourth-order valence-electron chi connectivity index (χ4n) is 5.74. The molecule has 4 saturated carbocycles. The first kappa shape index (κ1) is 15.7. The lowest BCUT2D eigenvalue weighted by Gasteiger charge is -2.57. The van der Waals surface area contributed by atoms with Crippen LogP contribution >= 0.6 is 0 Å². The van der Waals surface area contributed by atoms with Gasteiger partial charge < -0.3 is 10.6 Å². The van der Waals surface area contributed by atoms with Crippen LogP contribution in [0.2, 0.25) is 0 Å². The van der Waals surface area contributed by atoms with Gasteiger partial charge in [0.2, 0.25) is 5.91 Å². The molecule has 24 heavy (non-hydrogen) atoms. The molecule has 0 heterocycles. The molecule has 1 amide bonds. The Morgan fingerprint density at radius 2 is 1.75 bits per heavy atom. The summed E-state index contributed by atoms with van der Waals surface area (Å²) in [5.74, 6) is 2.53. The third kappa shape index (κ3) is 2.82. The lowest BCUT2D eigenvalue weighted by molar-refractivity contribution is -0.119. The zero-order valence-electron chi connectivity index (χ0n) is 14.2. The molecule has 4 bridgehead atoms. The normalized spacial score (nSPS) is 34.6. The highest BCUT2D eigenvalue weighted by atomic mass is 16.2. The number of hydrogen-bond acceptors (Lipinski definition) is 3. The van der Waals surface area contributed by atoms with Gasteiger partial charge in [0.15, 0.2) is 0 Å². The minimum atomic E-state index is -0.243. The van der Waals surface area contributed by atoms with Crippen molar-refractivity contribution < 1.29 is 4.79 Å². The number of carbonyl (C=O) groups excluding carboxylic acids is 1. The molecule has 5 rings (SSSR count). The molecule has 4 aliphatic carbocycles.